The van der Waals surface area contributed by atoms with Crippen LogP contribution in [0.5, 0.6) is 0 Å². The van der Waals surface area contributed by atoms with Crippen LogP contribution in [0.2, 0.25) is 0 Å². The van der Waals surface area contributed by atoms with Gasteiger partial charge in [-0.3, -0.25) is 14.4 Å². The molecule has 4 rings (SSSR count). The molecular formula is C23H23N7O3. The molecule has 0 radical (unpaired) electrons. The average Bonchev–Trinajstić information content (AvgIpc) is 3.43. The van der Waals surface area contributed by atoms with Gasteiger partial charge in [0.15, 0.2) is 11.5 Å². The van der Waals surface area contributed by atoms with Gasteiger partial charge in [-0.2, -0.15) is 0 Å². The second-order valence-corrected chi connectivity index (χ2v) is 7.54. The number of pyridine rings is 1. The molecule has 2 aromatic heterocycles. The van der Waals surface area contributed by atoms with Gasteiger partial charge in [-0.25, -0.2) is 14.6 Å². The molecule has 0 bridgehead atoms. The lowest BCUT2D eigenvalue weighted by molar-refractivity contribution is -0.127. The van der Waals surface area contributed by atoms with Crippen LogP contribution in [0.3, 0.4) is 0 Å². The van der Waals surface area contributed by atoms with Gasteiger partial charge in [0.05, 0.1) is 6.04 Å². The summed E-state index contributed by atoms with van der Waals surface area (Å²) in [5.41, 5.74) is 6.87. The molecular weight excluding hydrogens is 422 g/mol. The molecule has 3 heterocycles. The van der Waals surface area contributed by atoms with Crippen LogP contribution in [0.1, 0.15) is 45.6 Å². The summed E-state index contributed by atoms with van der Waals surface area (Å²) in [4.78, 5) is 47.2. The molecule has 1 saturated heterocycles. The SMILES string of the molecule is C=CC(=O)N1CCCC1c1nc(-c2ccc(C(=O)Nc3ccccn3)cc2)c(C(N)=O)n1N. The molecule has 10 heteroatoms. The first-order chi connectivity index (χ1) is 15.9. The van der Waals surface area contributed by atoms with E-state index in [0.717, 1.165) is 11.1 Å². The number of nitrogen functional groups attached to an aromatic ring is 1. The van der Waals surface area contributed by atoms with Crippen molar-refractivity contribution < 1.29 is 14.4 Å². The van der Waals surface area contributed by atoms with Gasteiger partial charge < -0.3 is 21.8 Å². The molecule has 1 unspecified atom stereocenters. The Kier molecular flexibility index (Phi) is 5.90. The molecule has 0 aliphatic carbocycles. The standard InChI is InChI=1S/C23H23N7O3/c1-2-18(31)29-13-5-6-16(29)22-28-19(20(21(24)32)30(22)25)14-8-10-15(11-9-14)23(33)27-17-7-3-4-12-26-17/h2-4,7-12,16H,1,5-6,13,25H2,(H2,24,32)(H,26,27,33). The smallest absolute Gasteiger partial charge is 0.269 e. The summed E-state index contributed by atoms with van der Waals surface area (Å²) in [5.74, 6) is 5.70. The molecule has 1 aliphatic heterocycles. The second-order valence-electron chi connectivity index (χ2n) is 7.54. The number of anilines is 1. The van der Waals surface area contributed by atoms with Crippen LogP contribution in [-0.2, 0) is 4.79 Å². The molecule has 1 fully saturated rings. The van der Waals surface area contributed by atoms with Crippen molar-refractivity contribution in [3.05, 3.63) is 78.4 Å². The summed E-state index contributed by atoms with van der Waals surface area (Å²) in [6.45, 7) is 4.09. The fourth-order valence-corrected chi connectivity index (χ4v) is 3.94. The van der Waals surface area contributed by atoms with E-state index in [9.17, 15) is 14.4 Å². The predicted molar refractivity (Wildman–Crippen MR) is 122 cm³/mol. The molecule has 1 aromatic carbocycles. The monoisotopic (exact) mass is 445 g/mol. The molecule has 33 heavy (non-hydrogen) atoms. The van der Waals surface area contributed by atoms with Crippen molar-refractivity contribution in [1.82, 2.24) is 19.5 Å². The van der Waals surface area contributed by atoms with Crippen molar-refractivity contribution in [2.24, 2.45) is 5.73 Å². The van der Waals surface area contributed by atoms with Gasteiger partial charge in [0.2, 0.25) is 5.91 Å². The Morgan fingerprint density at radius 1 is 1.15 bits per heavy atom. The van der Waals surface area contributed by atoms with Crippen molar-refractivity contribution in [2.75, 3.05) is 17.7 Å². The number of carbonyl (C=O) groups excluding carboxylic acids is 3. The van der Waals surface area contributed by atoms with Gasteiger partial charge in [-0.05, 0) is 43.2 Å². The van der Waals surface area contributed by atoms with Crippen molar-refractivity contribution in [3.63, 3.8) is 0 Å². The number of likely N-dealkylation sites (tertiary alicyclic amines) is 1. The number of hydrogen-bond donors (Lipinski definition) is 3. The molecule has 168 valence electrons. The van der Waals surface area contributed by atoms with Gasteiger partial charge in [-0.1, -0.05) is 24.8 Å². The minimum Gasteiger partial charge on any atom is -0.364 e. The van der Waals surface area contributed by atoms with Gasteiger partial charge in [0, 0.05) is 23.9 Å². The molecule has 0 saturated carbocycles. The lowest BCUT2D eigenvalue weighted by atomic mass is 10.1. The normalized spacial score (nSPS) is 15.3. The largest absolute Gasteiger partial charge is 0.364 e. The quantitative estimate of drug-likeness (QED) is 0.389. The van der Waals surface area contributed by atoms with Gasteiger partial charge >= 0.3 is 0 Å². The van der Waals surface area contributed by atoms with Gasteiger partial charge in [-0.15, -0.1) is 0 Å². The number of nitrogens with zero attached hydrogens (tertiary/aromatic N) is 4. The first-order valence-corrected chi connectivity index (χ1v) is 10.3. The van der Waals surface area contributed by atoms with Crippen LogP contribution in [-0.4, -0.2) is 43.8 Å². The molecule has 10 nitrogen and oxygen atoms in total. The maximum atomic E-state index is 12.5. The number of imidazole rings is 1. The van der Waals surface area contributed by atoms with Crippen LogP contribution >= 0.6 is 0 Å². The first kappa shape index (κ1) is 21.8. The van der Waals surface area contributed by atoms with E-state index >= 15 is 0 Å². The highest BCUT2D eigenvalue weighted by molar-refractivity contribution is 6.04. The van der Waals surface area contributed by atoms with Gasteiger partial charge in [0.1, 0.15) is 11.5 Å². The van der Waals surface area contributed by atoms with Crippen molar-refractivity contribution in [2.45, 2.75) is 18.9 Å². The number of nitrogens with one attached hydrogen (secondary N) is 1. The van der Waals surface area contributed by atoms with E-state index in [1.807, 2.05) is 0 Å². The minimum atomic E-state index is -0.747. The van der Waals surface area contributed by atoms with Crippen molar-refractivity contribution in [1.29, 1.82) is 0 Å². The zero-order chi connectivity index (χ0) is 23.5. The van der Waals surface area contributed by atoms with E-state index < -0.39 is 11.9 Å². The third-order valence-electron chi connectivity index (χ3n) is 5.51. The molecule has 1 aliphatic rings. The summed E-state index contributed by atoms with van der Waals surface area (Å²) in [7, 11) is 0. The fourth-order valence-electron chi connectivity index (χ4n) is 3.94. The number of aromatic nitrogens is 3. The Hall–Kier alpha value is -4.47. The highest BCUT2D eigenvalue weighted by Crippen LogP contribution is 2.34. The minimum absolute atomic E-state index is 0.0218. The van der Waals surface area contributed by atoms with Crippen LogP contribution in [0.15, 0.2) is 61.3 Å². The van der Waals surface area contributed by atoms with Crippen LogP contribution in [0, 0.1) is 0 Å². The summed E-state index contributed by atoms with van der Waals surface area (Å²) in [6, 6.07) is 11.4. The summed E-state index contributed by atoms with van der Waals surface area (Å²) < 4.78 is 1.15. The summed E-state index contributed by atoms with van der Waals surface area (Å²) in [6.07, 6.45) is 4.25. The Balaban J connectivity index is 1.65. The Labute approximate surface area is 189 Å². The Bertz CT molecular complexity index is 1220. The number of amides is 3. The number of benzene rings is 1. The predicted octanol–water partition coefficient (Wildman–Crippen LogP) is 1.86. The van der Waals surface area contributed by atoms with Crippen LogP contribution in [0.4, 0.5) is 5.82 Å². The number of nitrogens with two attached hydrogens (primary N) is 2. The van der Waals surface area contributed by atoms with Crippen molar-refractivity contribution in [3.8, 4) is 11.3 Å². The Morgan fingerprint density at radius 3 is 2.55 bits per heavy atom. The zero-order valence-corrected chi connectivity index (χ0v) is 17.8. The van der Waals surface area contributed by atoms with E-state index in [4.69, 9.17) is 11.6 Å². The van der Waals surface area contributed by atoms with E-state index in [1.165, 1.54) is 6.08 Å². The molecule has 0 spiro atoms. The average molecular weight is 445 g/mol. The maximum Gasteiger partial charge on any atom is 0.269 e. The lowest BCUT2D eigenvalue weighted by Crippen LogP contribution is -2.32. The Morgan fingerprint density at radius 2 is 1.91 bits per heavy atom. The second kappa shape index (κ2) is 8.95. The number of carbonyl (C=O) groups is 3. The molecule has 3 aromatic rings. The lowest BCUT2D eigenvalue weighted by Gasteiger charge is -2.22. The summed E-state index contributed by atoms with van der Waals surface area (Å²) >= 11 is 0. The first-order valence-electron chi connectivity index (χ1n) is 10.3. The number of primary amides is 1. The third kappa shape index (κ3) is 4.18. The zero-order valence-electron chi connectivity index (χ0n) is 17.8. The molecule has 1 atom stereocenters. The summed E-state index contributed by atoms with van der Waals surface area (Å²) in [5, 5.41) is 2.71. The van der Waals surface area contributed by atoms with Crippen molar-refractivity contribution >= 4 is 23.5 Å². The number of rotatable bonds is 6. The maximum absolute atomic E-state index is 12.5. The fraction of sp³-hybridized carbons (Fsp3) is 0.174. The van der Waals surface area contributed by atoms with Crippen LogP contribution < -0.4 is 16.9 Å². The molecule has 5 N–H and O–H groups in total. The van der Waals surface area contributed by atoms with E-state index in [1.54, 1.807) is 53.6 Å². The highest BCUT2D eigenvalue weighted by Gasteiger charge is 2.34. The number of hydrogen-bond acceptors (Lipinski definition) is 6. The highest BCUT2D eigenvalue weighted by atomic mass is 16.2. The van der Waals surface area contributed by atoms with E-state index in [2.05, 4.69) is 21.9 Å². The van der Waals surface area contributed by atoms with E-state index in [0.29, 0.717) is 35.7 Å². The topological polar surface area (TPSA) is 149 Å². The molecule has 3 amide bonds. The van der Waals surface area contributed by atoms with E-state index in [-0.39, 0.29) is 23.2 Å². The third-order valence-corrected chi connectivity index (χ3v) is 5.51. The van der Waals surface area contributed by atoms with Gasteiger partial charge in [0.25, 0.3) is 11.8 Å². The van der Waals surface area contributed by atoms with Crippen LogP contribution in [0.25, 0.3) is 11.3 Å².